The second kappa shape index (κ2) is 5.80. The van der Waals surface area contributed by atoms with Gasteiger partial charge in [0.15, 0.2) is 11.0 Å². The van der Waals surface area contributed by atoms with Gasteiger partial charge in [-0.15, -0.1) is 21.5 Å². The number of aromatic nitrogens is 4. The highest BCUT2D eigenvalue weighted by Gasteiger charge is 2.21. The third-order valence-electron chi connectivity index (χ3n) is 3.63. The van der Waals surface area contributed by atoms with Gasteiger partial charge in [-0.1, -0.05) is 6.42 Å². The number of nitrogen functional groups attached to an aromatic ring is 1. The molecule has 3 rings (SSSR count). The van der Waals surface area contributed by atoms with Gasteiger partial charge in [0.1, 0.15) is 11.5 Å². The highest BCUT2D eigenvalue weighted by atomic mass is 32.1. The predicted molar refractivity (Wildman–Crippen MR) is 80.0 cm³/mol. The van der Waals surface area contributed by atoms with Gasteiger partial charge in [-0.05, 0) is 19.8 Å². The van der Waals surface area contributed by atoms with E-state index in [4.69, 9.17) is 5.73 Å². The molecule has 8 heteroatoms. The average Bonchev–Trinajstić information content (AvgIpc) is 2.99. The maximum absolute atomic E-state index is 12.1. The van der Waals surface area contributed by atoms with Gasteiger partial charge in [0.05, 0.1) is 6.04 Å². The molecule has 0 spiro atoms. The van der Waals surface area contributed by atoms with Crippen molar-refractivity contribution >= 4 is 22.4 Å². The molecule has 112 valence electrons. The van der Waals surface area contributed by atoms with Crippen LogP contribution in [0.25, 0.3) is 0 Å². The Hall–Kier alpha value is -1.96. The lowest BCUT2D eigenvalue weighted by Crippen LogP contribution is -2.29. The summed E-state index contributed by atoms with van der Waals surface area (Å²) in [6.45, 7) is 2.83. The first kappa shape index (κ1) is 14.0. The van der Waals surface area contributed by atoms with Crippen LogP contribution >= 0.6 is 11.3 Å². The van der Waals surface area contributed by atoms with Crippen LogP contribution in [0.15, 0.2) is 5.38 Å². The number of hydrogen-bond acceptors (Lipinski definition) is 6. The van der Waals surface area contributed by atoms with Gasteiger partial charge in [0.25, 0.3) is 5.91 Å². The van der Waals surface area contributed by atoms with Crippen molar-refractivity contribution in [2.24, 2.45) is 0 Å². The first-order chi connectivity index (χ1) is 10.1. The minimum Gasteiger partial charge on any atom is -0.375 e. The van der Waals surface area contributed by atoms with Crippen LogP contribution in [-0.4, -0.2) is 25.7 Å². The van der Waals surface area contributed by atoms with E-state index in [9.17, 15) is 4.79 Å². The van der Waals surface area contributed by atoms with Crippen LogP contribution in [0.1, 0.15) is 54.4 Å². The van der Waals surface area contributed by atoms with E-state index in [0.29, 0.717) is 10.8 Å². The maximum atomic E-state index is 12.1. The molecule has 0 saturated carbocycles. The van der Waals surface area contributed by atoms with E-state index < -0.39 is 0 Å². The minimum absolute atomic E-state index is 0.209. The zero-order chi connectivity index (χ0) is 14.8. The Morgan fingerprint density at radius 3 is 3.05 bits per heavy atom. The number of thiazole rings is 1. The first-order valence-electron chi connectivity index (χ1n) is 7.09. The van der Waals surface area contributed by atoms with E-state index in [1.54, 1.807) is 5.38 Å². The van der Waals surface area contributed by atoms with Crippen LogP contribution in [0.5, 0.6) is 0 Å². The molecule has 0 bridgehead atoms. The fourth-order valence-corrected chi connectivity index (χ4v) is 3.10. The molecule has 21 heavy (non-hydrogen) atoms. The van der Waals surface area contributed by atoms with Crippen LogP contribution < -0.4 is 11.1 Å². The molecule has 0 saturated heterocycles. The molecule has 1 unspecified atom stereocenters. The lowest BCUT2D eigenvalue weighted by molar-refractivity contribution is 0.0933. The summed E-state index contributed by atoms with van der Waals surface area (Å²) < 4.78 is 2.13. The summed E-state index contributed by atoms with van der Waals surface area (Å²) in [4.78, 5) is 16.1. The van der Waals surface area contributed by atoms with Gasteiger partial charge in [0.2, 0.25) is 0 Å². The molecular formula is C13H18N6OS. The molecule has 0 fully saturated rings. The van der Waals surface area contributed by atoms with Gasteiger partial charge in [-0.25, -0.2) is 4.98 Å². The number of carbonyl (C=O) groups is 1. The largest absolute Gasteiger partial charge is 0.375 e. The Morgan fingerprint density at radius 1 is 1.43 bits per heavy atom. The summed E-state index contributed by atoms with van der Waals surface area (Å²) in [6.07, 6.45) is 4.44. The molecule has 2 aromatic rings. The monoisotopic (exact) mass is 306 g/mol. The number of carbonyl (C=O) groups excluding carboxylic acids is 1. The van der Waals surface area contributed by atoms with Crippen molar-refractivity contribution in [1.29, 1.82) is 0 Å². The van der Waals surface area contributed by atoms with Gasteiger partial charge < -0.3 is 15.6 Å². The second-order valence-corrected chi connectivity index (χ2v) is 6.09. The molecule has 0 radical (unpaired) electrons. The topological polar surface area (TPSA) is 98.7 Å². The Morgan fingerprint density at radius 2 is 2.29 bits per heavy atom. The number of anilines is 1. The molecule has 1 amide bonds. The number of nitrogens with two attached hydrogens (primary N) is 1. The molecular weight excluding hydrogens is 288 g/mol. The van der Waals surface area contributed by atoms with Crippen LogP contribution in [0.3, 0.4) is 0 Å². The Bertz CT molecular complexity index is 649. The van der Waals surface area contributed by atoms with Gasteiger partial charge in [0, 0.05) is 18.3 Å². The highest BCUT2D eigenvalue weighted by Crippen LogP contribution is 2.19. The smallest absolute Gasteiger partial charge is 0.271 e. The lowest BCUT2D eigenvalue weighted by Gasteiger charge is -2.14. The number of rotatable bonds is 3. The standard InChI is InChI=1S/C13H18N6OS/c1-8(15-12(20)9-7-21-13(14)16-9)11-18-17-10-5-3-2-4-6-19(10)11/h7-8H,2-6H2,1H3,(H2,14,16)(H,15,20). The number of nitrogens with zero attached hydrogens (tertiary/aromatic N) is 4. The third-order valence-corrected chi connectivity index (χ3v) is 4.30. The van der Waals surface area contributed by atoms with E-state index in [1.165, 1.54) is 17.8 Å². The molecule has 7 nitrogen and oxygen atoms in total. The van der Waals surface area contributed by atoms with E-state index in [1.807, 2.05) is 6.92 Å². The summed E-state index contributed by atoms with van der Waals surface area (Å²) >= 11 is 1.26. The number of amides is 1. The number of aryl methyl sites for hydroxylation is 1. The van der Waals surface area contributed by atoms with Crippen molar-refractivity contribution in [2.45, 2.75) is 45.2 Å². The summed E-state index contributed by atoms with van der Waals surface area (Å²) in [5, 5.41) is 13.5. The number of fused-ring (bicyclic) bond motifs is 1. The van der Waals surface area contributed by atoms with E-state index in [0.717, 1.165) is 37.5 Å². The van der Waals surface area contributed by atoms with Crippen molar-refractivity contribution in [2.75, 3.05) is 5.73 Å². The zero-order valence-electron chi connectivity index (χ0n) is 11.9. The Labute approximate surface area is 126 Å². The van der Waals surface area contributed by atoms with Crippen molar-refractivity contribution in [1.82, 2.24) is 25.1 Å². The maximum Gasteiger partial charge on any atom is 0.271 e. The van der Waals surface area contributed by atoms with E-state index in [2.05, 4.69) is 25.1 Å². The van der Waals surface area contributed by atoms with E-state index >= 15 is 0 Å². The molecule has 3 heterocycles. The predicted octanol–water partition coefficient (Wildman–Crippen LogP) is 1.53. The molecule has 1 aliphatic heterocycles. The first-order valence-corrected chi connectivity index (χ1v) is 7.97. The number of nitrogens with one attached hydrogen (secondary N) is 1. The summed E-state index contributed by atoms with van der Waals surface area (Å²) in [6, 6.07) is -0.209. The fraction of sp³-hybridized carbons (Fsp3) is 0.538. The zero-order valence-corrected chi connectivity index (χ0v) is 12.7. The van der Waals surface area contributed by atoms with Crippen molar-refractivity contribution < 1.29 is 4.79 Å². The summed E-state index contributed by atoms with van der Waals surface area (Å²) in [5.74, 6) is 1.59. The summed E-state index contributed by atoms with van der Waals surface area (Å²) in [7, 11) is 0. The summed E-state index contributed by atoms with van der Waals surface area (Å²) in [5.41, 5.74) is 5.90. The van der Waals surface area contributed by atoms with Gasteiger partial charge >= 0.3 is 0 Å². The van der Waals surface area contributed by atoms with Crippen molar-refractivity contribution in [3.05, 3.63) is 22.7 Å². The van der Waals surface area contributed by atoms with Crippen molar-refractivity contribution in [3.63, 3.8) is 0 Å². The van der Waals surface area contributed by atoms with E-state index in [-0.39, 0.29) is 11.9 Å². The Balaban J connectivity index is 1.75. The molecule has 0 aliphatic carbocycles. The Kier molecular flexibility index (Phi) is 3.87. The molecule has 3 N–H and O–H groups in total. The molecule has 0 aromatic carbocycles. The third kappa shape index (κ3) is 2.90. The minimum atomic E-state index is -0.235. The molecule has 1 atom stereocenters. The van der Waals surface area contributed by atoms with Crippen LogP contribution in [0.4, 0.5) is 5.13 Å². The second-order valence-electron chi connectivity index (χ2n) is 5.20. The van der Waals surface area contributed by atoms with Gasteiger partial charge in [-0.2, -0.15) is 0 Å². The van der Waals surface area contributed by atoms with Crippen LogP contribution in [-0.2, 0) is 13.0 Å². The SMILES string of the molecule is CC(NC(=O)c1csc(N)n1)c1nnc2n1CCCCC2. The average molecular weight is 306 g/mol. The quantitative estimate of drug-likeness (QED) is 0.896. The lowest BCUT2D eigenvalue weighted by atomic mass is 10.2. The van der Waals surface area contributed by atoms with Gasteiger partial charge in [-0.3, -0.25) is 4.79 Å². The molecule has 1 aliphatic rings. The molecule has 2 aromatic heterocycles. The fourth-order valence-electron chi connectivity index (χ4n) is 2.55. The normalized spacial score (nSPS) is 16.0. The highest BCUT2D eigenvalue weighted by molar-refractivity contribution is 7.13. The number of hydrogen-bond donors (Lipinski definition) is 2. The van der Waals surface area contributed by atoms with Crippen LogP contribution in [0.2, 0.25) is 0 Å². The van der Waals surface area contributed by atoms with Crippen molar-refractivity contribution in [3.8, 4) is 0 Å². The van der Waals surface area contributed by atoms with Crippen LogP contribution in [0, 0.1) is 0 Å².